The van der Waals surface area contributed by atoms with Crippen molar-refractivity contribution in [2.24, 2.45) is 0 Å². The van der Waals surface area contributed by atoms with E-state index < -0.39 is 6.03 Å². The number of unbranched alkanes of at least 4 members (excludes halogenated alkanes) is 1. The van der Waals surface area contributed by atoms with Crippen molar-refractivity contribution < 1.29 is 14.3 Å². The number of carbonyl (C=O) groups excluding carboxylic acids is 2. The van der Waals surface area contributed by atoms with Crippen LogP contribution in [-0.2, 0) is 4.79 Å². The summed E-state index contributed by atoms with van der Waals surface area (Å²) in [6.45, 7) is 4.60. The van der Waals surface area contributed by atoms with Gasteiger partial charge in [-0.15, -0.1) is 0 Å². The Bertz CT molecular complexity index is 489. The lowest BCUT2D eigenvalue weighted by Gasteiger charge is -2.10. The maximum Gasteiger partial charge on any atom is 0.333 e. The lowest BCUT2D eigenvalue weighted by molar-refractivity contribution is -0.121. The van der Waals surface area contributed by atoms with Crippen LogP contribution in [-0.4, -0.2) is 25.6 Å². The van der Waals surface area contributed by atoms with Crippen molar-refractivity contribution in [2.45, 2.75) is 33.1 Å². The lowest BCUT2D eigenvalue weighted by atomic mass is 10.1. The highest BCUT2D eigenvalue weighted by molar-refractivity contribution is 5.80. The zero-order chi connectivity index (χ0) is 15.7. The Hall–Kier alpha value is -2.24. The van der Waals surface area contributed by atoms with Crippen molar-refractivity contribution in [1.82, 2.24) is 16.2 Å². The predicted molar refractivity (Wildman–Crippen MR) is 81.0 cm³/mol. The summed E-state index contributed by atoms with van der Waals surface area (Å²) < 4.78 is 5.70. The van der Waals surface area contributed by atoms with Gasteiger partial charge in [-0.1, -0.05) is 12.1 Å². The molecule has 3 amide bonds. The van der Waals surface area contributed by atoms with E-state index in [0.29, 0.717) is 19.4 Å². The first-order chi connectivity index (χ1) is 10.0. The number of nitrogens with one attached hydrogen (secondary N) is 3. The zero-order valence-electron chi connectivity index (χ0n) is 12.8. The molecule has 0 radical (unpaired) electrons. The van der Waals surface area contributed by atoms with Gasteiger partial charge in [0.15, 0.2) is 0 Å². The molecule has 6 heteroatoms. The Balaban J connectivity index is 2.15. The summed E-state index contributed by atoms with van der Waals surface area (Å²) in [5, 5.41) is 2.34. The van der Waals surface area contributed by atoms with Gasteiger partial charge in [0.05, 0.1) is 6.61 Å². The molecule has 0 atom stereocenters. The maximum atomic E-state index is 11.4. The molecule has 0 bridgehead atoms. The summed E-state index contributed by atoms with van der Waals surface area (Å²) in [6.07, 6.45) is 1.83. The molecule has 1 aromatic carbocycles. The van der Waals surface area contributed by atoms with Gasteiger partial charge in [0.1, 0.15) is 5.75 Å². The summed E-state index contributed by atoms with van der Waals surface area (Å²) >= 11 is 0. The molecular formula is C15H23N3O3. The lowest BCUT2D eigenvalue weighted by Crippen LogP contribution is -2.45. The fourth-order valence-electron chi connectivity index (χ4n) is 1.68. The van der Waals surface area contributed by atoms with Crippen molar-refractivity contribution in [1.29, 1.82) is 0 Å². The second-order valence-corrected chi connectivity index (χ2v) is 4.83. The molecule has 1 rings (SSSR count). The molecule has 1 aromatic rings. The SMILES string of the molecule is CNC(=O)NNC(=O)CCCCOc1cc(C)ccc1C. The number of rotatable bonds is 6. The van der Waals surface area contributed by atoms with Crippen LogP contribution in [0.4, 0.5) is 4.79 Å². The van der Waals surface area contributed by atoms with E-state index >= 15 is 0 Å². The molecule has 0 heterocycles. The molecule has 0 saturated carbocycles. The van der Waals surface area contributed by atoms with Gasteiger partial charge in [0.25, 0.3) is 0 Å². The number of carbonyl (C=O) groups is 2. The quantitative estimate of drug-likeness (QED) is 0.553. The summed E-state index contributed by atoms with van der Waals surface area (Å²) in [6, 6.07) is 5.64. The molecule has 3 N–H and O–H groups in total. The standard InChI is InChI=1S/C15H23N3O3/c1-11-7-8-12(2)13(10-11)21-9-5-4-6-14(19)17-18-15(20)16-3/h7-8,10H,4-6,9H2,1-3H3,(H,17,19)(H2,16,18,20). The van der Waals surface area contributed by atoms with Crippen LogP contribution in [0.3, 0.4) is 0 Å². The highest BCUT2D eigenvalue weighted by Gasteiger charge is 2.03. The van der Waals surface area contributed by atoms with Crippen molar-refractivity contribution >= 4 is 11.9 Å². The Morgan fingerprint density at radius 2 is 1.90 bits per heavy atom. The van der Waals surface area contributed by atoms with Gasteiger partial charge in [-0.05, 0) is 43.9 Å². The van der Waals surface area contributed by atoms with Crippen molar-refractivity contribution in [3.05, 3.63) is 29.3 Å². The number of hydrogen-bond acceptors (Lipinski definition) is 3. The number of aryl methyl sites for hydroxylation is 2. The summed E-state index contributed by atoms with van der Waals surface area (Å²) in [4.78, 5) is 22.3. The average Bonchev–Trinajstić information content (AvgIpc) is 2.47. The van der Waals surface area contributed by atoms with E-state index in [2.05, 4.69) is 16.2 Å². The van der Waals surface area contributed by atoms with E-state index in [9.17, 15) is 9.59 Å². The average molecular weight is 293 g/mol. The first kappa shape index (κ1) is 16.8. The Morgan fingerprint density at radius 1 is 1.14 bits per heavy atom. The van der Waals surface area contributed by atoms with Crippen molar-refractivity contribution in [3.63, 3.8) is 0 Å². The fraction of sp³-hybridized carbons (Fsp3) is 0.467. The number of ether oxygens (including phenoxy) is 1. The molecule has 0 aliphatic heterocycles. The molecule has 0 saturated heterocycles. The van der Waals surface area contributed by atoms with Crippen molar-refractivity contribution in [3.8, 4) is 5.75 Å². The number of benzene rings is 1. The van der Waals surface area contributed by atoms with E-state index in [1.54, 1.807) is 0 Å². The first-order valence-electron chi connectivity index (χ1n) is 6.99. The third-order valence-electron chi connectivity index (χ3n) is 2.94. The second-order valence-electron chi connectivity index (χ2n) is 4.83. The highest BCUT2D eigenvalue weighted by atomic mass is 16.5. The van der Waals surface area contributed by atoms with Gasteiger partial charge >= 0.3 is 6.03 Å². The van der Waals surface area contributed by atoms with E-state index in [4.69, 9.17) is 4.74 Å². The topological polar surface area (TPSA) is 79.5 Å². The van der Waals surface area contributed by atoms with E-state index in [0.717, 1.165) is 23.3 Å². The van der Waals surface area contributed by atoms with Crippen LogP contribution < -0.4 is 20.9 Å². The van der Waals surface area contributed by atoms with Crippen LogP contribution in [0, 0.1) is 13.8 Å². The Kier molecular flexibility index (Phi) is 7.08. The molecule has 0 aliphatic rings. The smallest absolute Gasteiger partial charge is 0.333 e. The van der Waals surface area contributed by atoms with Gasteiger partial charge < -0.3 is 10.1 Å². The van der Waals surface area contributed by atoms with Gasteiger partial charge in [0, 0.05) is 13.5 Å². The number of hydrogen-bond donors (Lipinski definition) is 3. The summed E-state index contributed by atoms with van der Waals surface area (Å²) in [5.41, 5.74) is 6.82. The van der Waals surface area contributed by atoms with Gasteiger partial charge in [-0.3, -0.25) is 10.2 Å². The minimum atomic E-state index is -0.443. The number of amides is 3. The highest BCUT2D eigenvalue weighted by Crippen LogP contribution is 2.19. The Labute approximate surface area is 125 Å². The summed E-state index contributed by atoms with van der Waals surface area (Å²) in [7, 11) is 1.48. The van der Waals surface area contributed by atoms with Crippen molar-refractivity contribution in [2.75, 3.05) is 13.7 Å². The molecular weight excluding hydrogens is 270 g/mol. The molecule has 6 nitrogen and oxygen atoms in total. The number of hydrazine groups is 1. The van der Waals surface area contributed by atoms with Gasteiger partial charge in [0.2, 0.25) is 5.91 Å². The van der Waals surface area contributed by atoms with E-state index in [1.165, 1.54) is 7.05 Å². The first-order valence-corrected chi connectivity index (χ1v) is 6.99. The third-order valence-corrected chi connectivity index (χ3v) is 2.94. The largest absolute Gasteiger partial charge is 0.493 e. The monoisotopic (exact) mass is 293 g/mol. The normalized spacial score (nSPS) is 9.86. The van der Waals surface area contributed by atoms with Crippen LogP contribution in [0.5, 0.6) is 5.75 Å². The van der Waals surface area contributed by atoms with E-state index in [-0.39, 0.29) is 5.91 Å². The minimum Gasteiger partial charge on any atom is -0.493 e. The Morgan fingerprint density at radius 3 is 2.62 bits per heavy atom. The second kappa shape index (κ2) is 8.84. The van der Waals surface area contributed by atoms with Gasteiger partial charge in [-0.25, -0.2) is 10.2 Å². The molecule has 21 heavy (non-hydrogen) atoms. The van der Waals surface area contributed by atoms with Crippen LogP contribution in [0.15, 0.2) is 18.2 Å². The van der Waals surface area contributed by atoms with Gasteiger partial charge in [-0.2, -0.15) is 0 Å². The maximum absolute atomic E-state index is 11.4. The molecule has 0 fully saturated rings. The predicted octanol–water partition coefficient (Wildman–Crippen LogP) is 1.81. The minimum absolute atomic E-state index is 0.217. The molecule has 0 unspecified atom stereocenters. The van der Waals surface area contributed by atoms with E-state index in [1.807, 2.05) is 32.0 Å². The van der Waals surface area contributed by atoms with Crippen LogP contribution in [0.2, 0.25) is 0 Å². The molecule has 116 valence electrons. The third kappa shape index (κ3) is 6.65. The van der Waals surface area contributed by atoms with Crippen LogP contribution in [0.1, 0.15) is 30.4 Å². The number of urea groups is 1. The van der Waals surface area contributed by atoms with Crippen LogP contribution in [0.25, 0.3) is 0 Å². The molecule has 0 aliphatic carbocycles. The molecule has 0 spiro atoms. The zero-order valence-corrected chi connectivity index (χ0v) is 12.8. The van der Waals surface area contributed by atoms with Crippen LogP contribution >= 0.6 is 0 Å². The summed E-state index contributed by atoms with van der Waals surface area (Å²) in [5.74, 6) is 0.672. The fourth-order valence-corrected chi connectivity index (χ4v) is 1.68. The molecule has 0 aromatic heterocycles.